The minimum Gasteiger partial charge on any atom is -0.325 e. The Hall–Kier alpha value is -0.870. The van der Waals surface area contributed by atoms with Crippen molar-refractivity contribution in [1.29, 1.82) is 0 Å². The molecule has 14 heavy (non-hydrogen) atoms. The number of nitrogens with zero attached hydrogens (tertiary/aromatic N) is 2. The van der Waals surface area contributed by atoms with Gasteiger partial charge in [-0.2, -0.15) is 0 Å². The molecule has 0 unspecified atom stereocenters. The number of allylic oxidation sites excluding steroid dienone is 1. The second-order valence-corrected chi connectivity index (χ2v) is 4.94. The van der Waals surface area contributed by atoms with E-state index in [0.29, 0.717) is 0 Å². The van der Waals surface area contributed by atoms with Crippen LogP contribution in [0.25, 0.3) is 10.7 Å². The molecule has 72 valence electrons. The smallest absolute Gasteiger partial charge is 0.150 e. The van der Waals surface area contributed by atoms with Gasteiger partial charge in [-0.05, 0) is 11.4 Å². The Morgan fingerprint density at radius 1 is 1.64 bits per heavy atom. The van der Waals surface area contributed by atoms with Crippen molar-refractivity contribution in [1.82, 2.24) is 9.55 Å². The summed E-state index contributed by atoms with van der Waals surface area (Å²) in [5.74, 6) is 1.00. The topological polar surface area (TPSA) is 17.8 Å². The molecule has 0 N–H and O–H groups in total. The monoisotopic (exact) mass is 268 g/mol. The lowest BCUT2D eigenvalue weighted by molar-refractivity contribution is 0.828. The van der Waals surface area contributed by atoms with E-state index in [1.54, 1.807) is 11.3 Å². The van der Waals surface area contributed by atoms with Crippen LogP contribution in [0.4, 0.5) is 0 Å². The lowest BCUT2D eigenvalue weighted by Crippen LogP contribution is -1.97. The number of hydrogen-bond acceptors (Lipinski definition) is 2. The molecular formula is C10H9BrN2S. The van der Waals surface area contributed by atoms with E-state index in [1.807, 2.05) is 18.5 Å². The molecular weight excluding hydrogens is 260 g/mol. The molecule has 0 bridgehead atoms. The molecule has 0 spiro atoms. The van der Waals surface area contributed by atoms with Crippen molar-refractivity contribution in [3.63, 3.8) is 0 Å². The van der Waals surface area contributed by atoms with Crippen molar-refractivity contribution in [3.05, 3.63) is 41.0 Å². The summed E-state index contributed by atoms with van der Waals surface area (Å²) in [6.45, 7) is 4.58. The first-order valence-corrected chi connectivity index (χ1v) is 5.83. The molecule has 0 aliphatic rings. The van der Waals surface area contributed by atoms with Crippen molar-refractivity contribution >= 4 is 27.3 Å². The molecule has 0 fully saturated rings. The molecule has 0 atom stereocenters. The molecule has 0 radical (unpaired) electrons. The Kier molecular flexibility index (Phi) is 2.84. The molecule has 0 aromatic carbocycles. The molecule has 0 saturated carbocycles. The third-order valence-electron chi connectivity index (χ3n) is 1.80. The Morgan fingerprint density at radius 2 is 2.50 bits per heavy atom. The fraction of sp³-hybridized carbons (Fsp3) is 0.100. The Balaban J connectivity index is 2.35. The van der Waals surface area contributed by atoms with Crippen molar-refractivity contribution in [3.8, 4) is 10.7 Å². The van der Waals surface area contributed by atoms with Gasteiger partial charge in [0.2, 0.25) is 0 Å². The Morgan fingerprint density at radius 3 is 3.14 bits per heavy atom. The zero-order chi connectivity index (χ0) is 9.97. The van der Waals surface area contributed by atoms with Crippen molar-refractivity contribution in [2.75, 3.05) is 0 Å². The molecule has 0 aliphatic carbocycles. The van der Waals surface area contributed by atoms with Gasteiger partial charge in [0.15, 0.2) is 0 Å². The molecule has 0 amide bonds. The number of imidazole rings is 1. The molecule has 0 aliphatic heterocycles. The fourth-order valence-electron chi connectivity index (χ4n) is 1.25. The summed E-state index contributed by atoms with van der Waals surface area (Å²) in [4.78, 5) is 5.51. The maximum atomic E-state index is 4.32. The number of halogens is 1. The van der Waals surface area contributed by atoms with Crippen LogP contribution in [0.15, 0.2) is 41.0 Å². The molecule has 4 heteroatoms. The second kappa shape index (κ2) is 4.11. The molecule has 2 heterocycles. The van der Waals surface area contributed by atoms with Crippen LogP contribution >= 0.6 is 27.3 Å². The minimum atomic E-state index is 0.757. The summed E-state index contributed by atoms with van der Waals surface area (Å²) < 4.78 is 3.02. The van der Waals surface area contributed by atoms with Gasteiger partial charge < -0.3 is 4.57 Å². The standard InChI is InChI=1S/C10H9BrN2S/c1-8(11)7-13-5-4-12-10(13)9-3-2-6-14-9/h2-6H,1,7H2. The highest BCUT2D eigenvalue weighted by atomic mass is 79.9. The largest absolute Gasteiger partial charge is 0.325 e. The van der Waals surface area contributed by atoms with Crippen molar-refractivity contribution in [2.45, 2.75) is 6.54 Å². The van der Waals surface area contributed by atoms with Gasteiger partial charge in [0.1, 0.15) is 5.82 Å². The van der Waals surface area contributed by atoms with Crippen LogP contribution in [0.1, 0.15) is 0 Å². The van der Waals surface area contributed by atoms with Gasteiger partial charge in [0, 0.05) is 16.9 Å². The first kappa shape index (κ1) is 9.68. The summed E-state index contributed by atoms with van der Waals surface area (Å²) in [6, 6.07) is 4.10. The second-order valence-electron chi connectivity index (χ2n) is 2.87. The van der Waals surface area contributed by atoms with E-state index in [-0.39, 0.29) is 0 Å². The average molecular weight is 269 g/mol. The van der Waals surface area contributed by atoms with Gasteiger partial charge in [-0.1, -0.05) is 28.6 Å². The van der Waals surface area contributed by atoms with Crippen LogP contribution < -0.4 is 0 Å². The summed E-state index contributed by atoms with van der Waals surface area (Å²) in [6.07, 6.45) is 3.77. The van der Waals surface area contributed by atoms with Gasteiger partial charge in [-0.25, -0.2) is 4.98 Å². The van der Waals surface area contributed by atoms with E-state index in [1.165, 1.54) is 4.88 Å². The SMILES string of the molecule is C=C(Br)Cn1ccnc1-c1cccs1. The van der Waals surface area contributed by atoms with E-state index in [9.17, 15) is 0 Å². The zero-order valence-electron chi connectivity index (χ0n) is 7.48. The normalized spacial score (nSPS) is 10.4. The summed E-state index contributed by atoms with van der Waals surface area (Å²) >= 11 is 5.05. The summed E-state index contributed by atoms with van der Waals surface area (Å²) in [7, 11) is 0. The Labute approximate surface area is 95.0 Å². The number of hydrogen-bond donors (Lipinski definition) is 0. The van der Waals surface area contributed by atoms with Crippen LogP contribution in [0, 0.1) is 0 Å². The number of rotatable bonds is 3. The highest BCUT2D eigenvalue weighted by molar-refractivity contribution is 9.11. The van der Waals surface area contributed by atoms with E-state index in [0.717, 1.165) is 16.9 Å². The number of thiophene rings is 1. The van der Waals surface area contributed by atoms with Gasteiger partial charge in [0.05, 0.1) is 11.4 Å². The van der Waals surface area contributed by atoms with Crippen LogP contribution in [0.2, 0.25) is 0 Å². The number of aromatic nitrogens is 2. The molecule has 2 aromatic rings. The highest BCUT2D eigenvalue weighted by Crippen LogP contribution is 2.23. The quantitative estimate of drug-likeness (QED) is 0.833. The first-order chi connectivity index (χ1) is 6.77. The first-order valence-electron chi connectivity index (χ1n) is 4.15. The fourth-order valence-corrected chi connectivity index (χ4v) is 2.26. The van der Waals surface area contributed by atoms with Crippen molar-refractivity contribution < 1.29 is 0 Å². The molecule has 0 saturated heterocycles. The summed E-state index contributed by atoms with van der Waals surface area (Å²) in [5.41, 5.74) is 0. The van der Waals surface area contributed by atoms with Crippen molar-refractivity contribution in [2.24, 2.45) is 0 Å². The maximum Gasteiger partial charge on any atom is 0.150 e. The van der Waals surface area contributed by atoms with Crippen LogP contribution in [-0.2, 0) is 6.54 Å². The lowest BCUT2D eigenvalue weighted by atomic mass is 10.4. The maximum absolute atomic E-state index is 4.32. The molecule has 2 nitrogen and oxygen atoms in total. The minimum absolute atomic E-state index is 0.757. The third kappa shape index (κ3) is 1.96. The van der Waals surface area contributed by atoms with E-state index < -0.39 is 0 Å². The van der Waals surface area contributed by atoms with Crippen LogP contribution in [-0.4, -0.2) is 9.55 Å². The van der Waals surface area contributed by atoms with Gasteiger partial charge in [0.25, 0.3) is 0 Å². The predicted octanol–water partition coefficient (Wildman–Crippen LogP) is 3.52. The average Bonchev–Trinajstić information content (AvgIpc) is 2.70. The van der Waals surface area contributed by atoms with E-state index in [2.05, 4.69) is 43.5 Å². The lowest BCUT2D eigenvalue weighted by Gasteiger charge is -2.04. The van der Waals surface area contributed by atoms with Gasteiger partial charge >= 0.3 is 0 Å². The van der Waals surface area contributed by atoms with Gasteiger partial charge in [-0.15, -0.1) is 11.3 Å². The summed E-state index contributed by atoms with van der Waals surface area (Å²) in [5, 5.41) is 2.05. The predicted molar refractivity (Wildman–Crippen MR) is 63.6 cm³/mol. The van der Waals surface area contributed by atoms with Gasteiger partial charge in [-0.3, -0.25) is 0 Å². The Bertz CT molecular complexity index is 431. The van der Waals surface area contributed by atoms with E-state index >= 15 is 0 Å². The molecule has 2 aromatic heterocycles. The third-order valence-corrected chi connectivity index (χ3v) is 2.92. The van der Waals surface area contributed by atoms with E-state index in [4.69, 9.17) is 0 Å². The van der Waals surface area contributed by atoms with Crippen LogP contribution in [0.5, 0.6) is 0 Å². The molecule has 2 rings (SSSR count). The zero-order valence-corrected chi connectivity index (χ0v) is 9.88. The van der Waals surface area contributed by atoms with Crippen LogP contribution in [0.3, 0.4) is 0 Å². The highest BCUT2D eigenvalue weighted by Gasteiger charge is 2.06.